The van der Waals surface area contributed by atoms with E-state index in [1.165, 1.54) is 23.6 Å². The van der Waals surface area contributed by atoms with E-state index in [-0.39, 0.29) is 35.0 Å². The van der Waals surface area contributed by atoms with E-state index < -0.39 is 28.4 Å². The van der Waals surface area contributed by atoms with E-state index in [9.17, 15) is 22.0 Å². The quantitative estimate of drug-likeness (QED) is 0.738. The van der Waals surface area contributed by atoms with Crippen molar-refractivity contribution in [3.05, 3.63) is 23.8 Å². The van der Waals surface area contributed by atoms with Gasteiger partial charge in [-0.3, -0.25) is 4.98 Å². The highest BCUT2D eigenvalue weighted by atomic mass is 32.2. The molecule has 2 aromatic rings. The molecule has 10 nitrogen and oxygen atoms in total. The summed E-state index contributed by atoms with van der Waals surface area (Å²) in [5.41, 5.74) is 0.485. The Morgan fingerprint density at radius 1 is 1.30 bits per heavy atom. The normalized spacial score (nSPS) is 23.3. The molecule has 0 spiro atoms. The lowest BCUT2D eigenvalue weighted by atomic mass is 9.90. The molecule has 1 aliphatic heterocycles. The number of fused-ring (bicyclic) bond motifs is 1. The molecule has 0 aromatic carbocycles. The van der Waals surface area contributed by atoms with Crippen LogP contribution in [0.3, 0.4) is 0 Å². The second-order valence-corrected chi connectivity index (χ2v) is 9.01. The molecule has 2 N–H and O–H groups in total. The first kappa shape index (κ1) is 20.6. The van der Waals surface area contributed by atoms with E-state index in [1.807, 2.05) is 0 Å². The topological polar surface area (TPSA) is 130 Å². The van der Waals surface area contributed by atoms with Crippen LogP contribution in [0.5, 0.6) is 0 Å². The summed E-state index contributed by atoms with van der Waals surface area (Å²) in [6.45, 7) is 0.0701. The van der Waals surface area contributed by atoms with Crippen molar-refractivity contribution >= 4 is 16.1 Å². The molecule has 0 unspecified atom stereocenters. The van der Waals surface area contributed by atoms with Gasteiger partial charge in [-0.25, -0.2) is 13.2 Å². The number of carbonyl (C=O) groups is 1. The number of sulfonamides is 1. The highest BCUT2D eigenvalue weighted by Crippen LogP contribution is 2.37. The third-order valence-electron chi connectivity index (χ3n) is 5.34. The first-order valence-electron chi connectivity index (χ1n) is 9.42. The molecule has 0 radical (unpaired) electrons. The van der Waals surface area contributed by atoms with Crippen LogP contribution in [0.1, 0.15) is 43.7 Å². The number of rotatable bonds is 4. The van der Waals surface area contributed by atoms with Crippen molar-refractivity contribution in [2.75, 3.05) is 7.05 Å². The number of halogens is 2. The van der Waals surface area contributed by atoms with Crippen molar-refractivity contribution in [1.82, 2.24) is 30.1 Å². The molecule has 2 atom stereocenters. The predicted octanol–water partition coefficient (Wildman–Crippen LogP) is 1.81. The van der Waals surface area contributed by atoms with E-state index in [4.69, 9.17) is 4.42 Å². The van der Waals surface area contributed by atoms with Crippen LogP contribution in [0, 0.1) is 0 Å². The summed E-state index contributed by atoms with van der Waals surface area (Å²) in [6, 6.07) is 0.205. The molecule has 2 aromatic heterocycles. The molecule has 1 fully saturated rings. The van der Waals surface area contributed by atoms with Crippen LogP contribution in [0.15, 0.2) is 21.6 Å². The molecular weight excluding hydrogens is 422 g/mol. The highest BCUT2D eigenvalue weighted by Gasteiger charge is 2.44. The van der Waals surface area contributed by atoms with Crippen molar-refractivity contribution in [1.29, 1.82) is 0 Å². The molecule has 2 amide bonds. The predicted molar refractivity (Wildman–Crippen MR) is 98.9 cm³/mol. The lowest BCUT2D eigenvalue weighted by Gasteiger charge is -2.37. The number of nitrogens with one attached hydrogen (secondary N) is 2. The van der Waals surface area contributed by atoms with Crippen LogP contribution >= 0.6 is 0 Å². The fraction of sp³-hybridized carbons (Fsp3) is 0.529. The summed E-state index contributed by atoms with van der Waals surface area (Å²) in [6.07, 6.45) is 1.40. The maximum absolute atomic E-state index is 13.3. The first-order chi connectivity index (χ1) is 14.3. The Labute approximate surface area is 171 Å². The Morgan fingerprint density at radius 3 is 2.77 bits per heavy atom. The lowest BCUT2D eigenvalue weighted by Crippen LogP contribution is -2.54. The monoisotopic (exact) mass is 442 g/mol. The van der Waals surface area contributed by atoms with E-state index in [2.05, 4.69) is 25.8 Å². The molecule has 2 aliphatic rings. The average molecular weight is 442 g/mol. The Kier molecular flexibility index (Phi) is 5.40. The number of pyridine rings is 1. The molecule has 4 rings (SSSR count). The van der Waals surface area contributed by atoms with Crippen LogP contribution in [-0.2, 0) is 16.6 Å². The second-order valence-electron chi connectivity index (χ2n) is 7.15. The summed E-state index contributed by atoms with van der Waals surface area (Å²) in [5.74, 6) is -1.08. The van der Waals surface area contributed by atoms with Gasteiger partial charge in [0.1, 0.15) is 4.90 Å². The Bertz CT molecular complexity index is 1060. The van der Waals surface area contributed by atoms with Gasteiger partial charge in [0, 0.05) is 25.3 Å². The summed E-state index contributed by atoms with van der Waals surface area (Å²) in [4.78, 5) is 16.0. The van der Waals surface area contributed by atoms with Gasteiger partial charge in [-0.15, -0.1) is 10.2 Å². The van der Waals surface area contributed by atoms with Gasteiger partial charge < -0.3 is 15.1 Å². The maximum Gasteiger partial charge on any atom is 0.314 e. The first-order valence-corrected chi connectivity index (χ1v) is 10.9. The zero-order chi connectivity index (χ0) is 21.5. The third-order valence-corrected chi connectivity index (χ3v) is 7.27. The molecule has 0 bridgehead atoms. The standard InChI is InChI=1S/C17H20F2N6O4S/c1-20-17(26)22-10-4-2-3-5-12(10)25-8-11-13(30(25,27)28)6-9(7-21-11)15-23-24-16(29-15)14(18)19/h6-7,10,12,14H,2-5,8H2,1H3,(H2,20,22,26)/t10-,12-/m1/s1. The second kappa shape index (κ2) is 7.87. The molecular formula is C17H20F2N6O4S. The number of hydrogen-bond acceptors (Lipinski definition) is 7. The Morgan fingerprint density at radius 2 is 2.07 bits per heavy atom. The summed E-state index contributed by atoms with van der Waals surface area (Å²) < 4.78 is 58.2. The molecule has 1 saturated carbocycles. The zero-order valence-corrected chi connectivity index (χ0v) is 16.8. The number of hydrogen-bond donors (Lipinski definition) is 2. The van der Waals surface area contributed by atoms with Gasteiger partial charge in [-0.05, 0) is 18.9 Å². The van der Waals surface area contributed by atoms with Crippen molar-refractivity contribution in [3.8, 4) is 11.5 Å². The van der Waals surface area contributed by atoms with Crippen LogP contribution in [0.4, 0.5) is 13.6 Å². The van der Waals surface area contributed by atoms with E-state index in [0.717, 1.165) is 12.8 Å². The smallest absolute Gasteiger partial charge is 0.314 e. The maximum atomic E-state index is 13.3. The summed E-state index contributed by atoms with van der Waals surface area (Å²) >= 11 is 0. The zero-order valence-electron chi connectivity index (χ0n) is 16.0. The average Bonchev–Trinajstić information content (AvgIpc) is 3.32. The number of urea groups is 1. The van der Waals surface area contributed by atoms with Crippen LogP contribution < -0.4 is 10.6 Å². The van der Waals surface area contributed by atoms with Crippen molar-refractivity contribution in [2.45, 2.75) is 55.6 Å². The van der Waals surface area contributed by atoms with E-state index >= 15 is 0 Å². The minimum Gasteiger partial charge on any atom is -0.415 e. The number of aromatic nitrogens is 3. The van der Waals surface area contributed by atoms with Gasteiger partial charge in [0.15, 0.2) is 0 Å². The number of alkyl halides is 2. The van der Waals surface area contributed by atoms with Crippen molar-refractivity contribution in [3.63, 3.8) is 0 Å². The Balaban J connectivity index is 1.64. The third kappa shape index (κ3) is 3.62. The van der Waals surface area contributed by atoms with Gasteiger partial charge in [0.25, 0.3) is 5.89 Å². The fourth-order valence-corrected chi connectivity index (χ4v) is 5.74. The lowest BCUT2D eigenvalue weighted by molar-refractivity contribution is 0.116. The van der Waals surface area contributed by atoms with Crippen molar-refractivity contribution < 1.29 is 26.4 Å². The SMILES string of the molecule is CNC(=O)N[C@@H]1CCCC[C@H]1N1Cc2ncc(-c3nnc(C(F)F)o3)cc2S1(=O)=O. The highest BCUT2D eigenvalue weighted by molar-refractivity contribution is 7.89. The van der Waals surface area contributed by atoms with Crippen molar-refractivity contribution in [2.24, 2.45) is 0 Å². The van der Waals surface area contributed by atoms with Gasteiger partial charge in [-0.1, -0.05) is 12.8 Å². The molecule has 162 valence electrons. The number of nitrogens with zero attached hydrogens (tertiary/aromatic N) is 4. The van der Waals surface area contributed by atoms with Gasteiger partial charge in [-0.2, -0.15) is 13.1 Å². The van der Waals surface area contributed by atoms with E-state index in [1.54, 1.807) is 0 Å². The van der Waals surface area contributed by atoms with Gasteiger partial charge >= 0.3 is 12.5 Å². The minimum atomic E-state index is -3.90. The molecule has 0 saturated heterocycles. The number of amides is 2. The van der Waals surface area contributed by atoms with Crippen LogP contribution in [0.2, 0.25) is 0 Å². The molecule has 30 heavy (non-hydrogen) atoms. The number of carbonyl (C=O) groups excluding carboxylic acids is 1. The Hall–Kier alpha value is -2.67. The van der Waals surface area contributed by atoms with E-state index in [0.29, 0.717) is 18.5 Å². The van der Waals surface area contributed by atoms with Crippen LogP contribution in [-0.4, -0.2) is 53.1 Å². The molecule has 13 heteroatoms. The van der Waals surface area contributed by atoms with Crippen LogP contribution in [0.25, 0.3) is 11.5 Å². The fourth-order valence-electron chi connectivity index (χ4n) is 3.89. The summed E-state index contributed by atoms with van der Waals surface area (Å²) in [7, 11) is -2.40. The van der Waals surface area contributed by atoms with Gasteiger partial charge in [0.05, 0.1) is 17.8 Å². The largest absolute Gasteiger partial charge is 0.415 e. The minimum absolute atomic E-state index is 0.0268. The summed E-state index contributed by atoms with van der Waals surface area (Å²) in [5, 5.41) is 12.1. The van der Waals surface area contributed by atoms with Gasteiger partial charge in [0.2, 0.25) is 15.9 Å². The molecule has 1 aliphatic carbocycles. The molecule has 3 heterocycles.